The summed E-state index contributed by atoms with van der Waals surface area (Å²) in [6.07, 6.45) is 0. The van der Waals surface area contributed by atoms with Gasteiger partial charge < -0.3 is 4.57 Å². The summed E-state index contributed by atoms with van der Waals surface area (Å²) in [4.78, 5) is 12.1. The predicted molar refractivity (Wildman–Crippen MR) is 66.8 cm³/mol. The predicted octanol–water partition coefficient (Wildman–Crippen LogP) is 2.24. The van der Waals surface area contributed by atoms with Crippen molar-refractivity contribution in [2.24, 2.45) is 0 Å². The highest BCUT2D eigenvalue weighted by Gasteiger charge is 2.04. The fraction of sp³-hybridized carbons (Fsp3) is 0.250. The van der Waals surface area contributed by atoms with E-state index in [9.17, 15) is 4.79 Å². The lowest BCUT2D eigenvalue weighted by molar-refractivity contribution is 0.717. The molecule has 0 aliphatic heterocycles. The van der Waals surface area contributed by atoms with E-state index in [2.05, 4.69) is 12.6 Å². The molecule has 0 saturated carbocycles. The first-order chi connectivity index (χ1) is 7.24. The summed E-state index contributed by atoms with van der Waals surface area (Å²) < 4.78 is 1.77. The van der Waals surface area contributed by atoms with Crippen molar-refractivity contribution < 1.29 is 0 Å². The average molecular weight is 219 g/mol. The van der Waals surface area contributed by atoms with Crippen molar-refractivity contribution >= 4 is 23.4 Å². The molecule has 0 amide bonds. The van der Waals surface area contributed by atoms with Gasteiger partial charge in [-0.05, 0) is 24.4 Å². The Labute approximate surface area is 94.0 Å². The Morgan fingerprint density at radius 3 is 2.80 bits per heavy atom. The van der Waals surface area contributed by atoms with Gasteiger partial charge in [-0.25, -0.2) is 0 Å². The number of rotatable bonds is 2. The maximum Gasteiger partial charge on any atom is 0.258 e. The van der Waals surface area contributed by atoms with Crippen LogP contribution in [-0.2, 0) is 6.54 Å². The van der Waals surface area contributed by atoms with Crippen LogP contribution in [-0.4, -0.2) is 10.3 Å². The van der Waals surface area contributed by atoms with Gasteiger partial charge in [0.25, 0.3) is 5.56 Å². The van der Waals surface area contributed by atoms with Gasteiger partial charge in [0.05, 0.1) is 0 Å². The van der Waals surface area contributed by atoms with Gasteiger partial charge in [-0.1, -0.05) is 18.2 Å². The van der Waals surface area contributed by atoms with Gasteiger partial charge >= 0.3 is 0 Å². The lowest BCUT2D eigenvalue weighted by atomic mass is 10.1. The molecule has 0 spiro atoms. The summed E-state index contributed by atoms with van der Waals surface area (Å²) in [6.45, 7) is 2.62. The number of aromatic nitrogens is 1. The molecule has 0 fully saturated rings. The molecule has 1 heterocycles. The van der Waals surface area contributed by atoms with E-state index in [1.54, 1.807) is 4.57 Å². The van der Waals surface area contributed by atoms with E-state index in [0.717, 1.165) is 16.5 Å². The van der Waals surface area contributed by atoms with E-state index in [1.165, 1.54) is 0 Å². The number of thiol groups is 1. The first-order valence-electron chi connectivity index (χ1n) is 4.94. The highest BCUT2D eigenvalue weighted by atomic mass is 32.1. The van der Waals surface area contributed by atoms with Crippen molar-refractivity contribution in [2.45, 2.75) is 13.5 Å². The maximum absolute atomic E-state index is 12.1. The Morgan fingerprint density at radius 1 is 1.33 bits per heavy atom. The summed E-state index contributed by atoms with van der Waals surface area (Å²) >= 11 is 4.16. The molecule has 0 unspecified atom stereocenters. The molecule has 1 aromatic heterocycles. The lowest BCUT2D eigenvalue weighted by Crippen LogP contribution is -2.23. The molecule has 78 valence electrons. The summed E-state index contributed by atoms with van der Waals surface area (Å²) in [5, 5.41) is 1.79. The zero-order valence-corrected chi connectivity index (χ0v) is 9.50. The number of fused-ring (bicyclic) bond motifs is 1. The normalized spacial score (nSPS) is 10.8. The van der Waals surface area contributed by atoms with Crippen LogP contribution >= 0.6 is 12.6 Å². The molecule has 2 nitrogen and oxygen atoms in total. The van der Waals surface area contributed by atoms with Crippen LogP contribution in [0, 0.1) is 6.92 Å². The van der Waals surface area contributed by atoms with Gasteiger partial charge in [-0.2, -0.15) is 12.6 Å². The van der Waals surface area contributed by atoms with E-state index in [0.29, 0.717) is 12.3 Å². The van der Waals surface area contributed by atoms with Crippen molar-refractivity contribution in [3.8, 4) is 0 Å². The largest absolute Gasteiger partial charge is 0.312 e. The number of hydrogen-bond acceptors (Lipinski definition) is 2. The number of hydrogen-bond donors (Lipinski definition) is 1. The molecular formula is C12H13NOS. The van der Waals surface area contributed by atoms with Crippen molar-refractivity contribution in [1.29, 1.82) is 0 Å². The Hall–Kier alpha value is -1.22. The first-order valence-corrected chi connectivity index (χ1v) is 5.57. The monoisotopic (exact) mass is 219 g/mol. The Balaban J connectivity index is 2.78. The second-order valence-electron chi connectivity index (χ2n) is 3.55. The molecule has 2 rings (SSSR count). The number of aryl methyl sites for hydroxylation is 1. The van der Waals surface area contributed by atoms with Crippen LogP contribution < -0.4 is 5.56 Å². The molecule has 15 heavy (non-hydrogen) atoms. The van der Waals surface area contributed by atoms with Crippen molar-refractivity contribution in [3.63, 3.8) is 0 Å². The van der Waals surface area contributed by atoms with Gasteiger partial charge in [0.2, 0.25) is 0 Å². The molecule has 0 aliphatic rings. The van der Waals surface area contributed by atoms with Crippen LogP contribution in [0.5, 0.6) is 0 Å². The topological polar surface area (TPSA) is 22.0 Å². The third kappa shape index (κ3) is 1.79. The molecule has 2 aromatic rings. The van der Waals surface area contributed by atoms with Gasteiger partial charge in [-0.15, -0.1) is 0 Å². The van der Waals surface area contributed by atoms with Crippen molar-refractivity contribution in [1.82, 2.24) is 4.57 Å². The average Bonchev–Trinajstić information content (AvgIpc) is 2.24. The second kappa shape index (κ2) is 4.11. The highest BCUT2D eigenvalue weighted by Crippen LogP contribution is 2.11. The summed E-state index contributed by atoms with van der Waals surface area (Å²) in [6, 6.07) is 9.72. The highest BCUT2D eigenvalue weighted by molar-refractivity contribution is 7.80. The molecule has 0 radical (unpaired) electrons. The van der Waals surface area contributed by atoms with E-state index >= 15 is 0 Å². The van der Waals surface area contributed by atoms with Crippen molar-refractivity contribution in [3.05, 3.63) is 46.4 Å². The standard InChI is InChI=1S/C12H13NOS/c1-9-8-10-4-2-3-5-11(10)12(14)13(9)6-7-15/h2-5,8,15H,6-7H2,1H3. The fourth-order valence-electron chi connectivity index (χ4n) is 1.80. The molecule has 1 aromatic carbocycles. The molecule has 0 saturated heterocycles. The van der Waals surface area contributed by atoms with E-state index in [4.69, 9.17) is 0 Å². The first kappa shape index (κ1) is 10.3. The van der Waals surface area contributed by atoms with Gasteiger partial charge in [0.1, 0.15) is 0 Å². The molecule has 0 N–H and O–H groups in total. The third-order valence-electron chi connectivity index (χ3n) is 2.55. The number of pyridine rings is 1. The Morgan fingerprint density at radius 2 is 2.07 bits per heavy atom. The number of benzene rings is 1. The van der Waals surface area contributed by atoms with Crippen LogP contribution in [0.25, 0.3) is 10.8 Å². The summed E-state index contributed by atoms with van der Waals surface area (Å²) in [5.41, 5.74) is 1.08. The van der Waals surface area contributed by atoms with Gasteiger partial charge in [0, 0.05) is 23.4 Å². The third-order valence-corrected chi connectivity index (χ3v) is 2.75. The minimum atomic E-state index is 0.0830. The molecule has 0 aliphatic carbocycles. The molecule has 3 heteroatoms. The fourth-order valence-corrected chi connectivity index (χ4v) is 2.00. The molecular weight excluding hydrogens is 206 g/mol. The van der Waals surface area contributed by atoms with Crippen molar-refractivity contribution in [2.75, 3.05) is 5.75 Å². The van der Waals surface area contributed by atoms with Crippen LogP contribution in [0.2, 0.25) is 0 Å². The van der Waals surface area contributed by atoms with E-state index in [-0.39, 0.29) is 5.56 Å². The Kier molecular flexibility index (Phi) is 2.82. The zero-order chi connectivity index (χ0) is 10.8. The summed E-state index contributed by atoms with van der Waals surface area (Å²) in [7, 11) is 0. The SMILES string of the molecule is Cc1cc2ccccc2c(=O)n1CCS. The number of nitrogens with zero attached hydrogens (tertiary/aromatic N) is 1. The molecule has 0 bridgehead atoms. The van der Waals surface area contributed by atoms with Crippen LogP contribution in [0.3, 0.4) is 0 Å². The van der Waals surface area contributed by atoms with Crippen LogP contribution in [0.4, 0.5) is 0 Å². The Bertz CT molecular complexity index is 545. The smallest absolute Gasteiger partial charge is 0.258 e. The second-order valence-corrected chi connectivity index (χ2v) is 4.00. The summed E-state index contributed by atoms with van der Waals surface area (Å²) in [5.74, 6) is 0.680. The van der Waals surface area contributed by atoms with Gasteiger partial charge in [-0.3, -0.25) is 4.79 Å². The van der Waals surface area contributed by atoms with Crippen LogP contribution in [0.15, 0.2) is 35.1 Å². The quantitative estimate of drug-likeness (QED) is 0.769. The lowest BCUT2D eigenvalue weighted by Gasteiger charge is -2.09. The zero-order valence-electron chi connectivity index (χ0n) is 8.60. The van der Waals surface area contributed by atoms with Crippen LogP contribution in [0.1, 0.15) is 5.69 Å². The van der Waals surface area contributed by atoms with E-state index < -0.39 is 0 Å². The maximum atomic E-state index is 12.1. The van der Waals surface area contributed by atoms with E-state index in [1.807, 2.05) is 37.3 Å². The van der Waals surface area contributed by atoms with Gasteiger partial charge in [0.15, 0.2) is 0 Å². The minimum absolute atomic E-state index is 0.0830. The minimum Gasteiger partial charge on any atom is -0.312 e. The molecule has 0 atom stereocenters.